The van der Waals surface area contributed by atoms with Gasteiger partial charge in [-0.3, -0.25) is 0 Å². The predicted molar refractivity (Wildman–Crippen MR) is 119 cm³/mol. The van der Waals surface area contributed by atoms with Crippen molar-refractivity contribution in [3.8, 4) is 28.5 Å². The first kappa shape index (κ1) is 20.8. The Morgan fingerprint density at radius 1 is 1.23 bits per heavy atom. The van der Waals surface area contributed by atoms with Crippen molar-refractivity contribution in [1.82, 2.24) is 15.3 Å². The molecule has 0 atom stereocenters. The molecule has 4 aromatic rings. The normalized spacial score (nSPS) is 13.0. The van der Waals surface area contributed by atoms with Crippen molar-refractivity contribution in [2.24, 2.45) is 0 Å². The lowest BCUT2D eigenvalue weighted by Crippen LogP contribution is -2.22. The van der Waals surface area contributed by atoms with E-state index >= 15 is 0 Å². The zero-order valence-corrected chi connectivity index (χ0v) is 18.5. The molecule has 0 radical (unpaired) electrons. The van der Waals surface area contributed by atoms with Crippen LogP contribution in [0.15, 0.2) is 34.1 Å². The summed E-state index contributed by atoms with van der Waals surface area (Å²) in [6, 6.07) is 6.37. The molecular formula is C22H21ClFN3O2S. The highest BCUT2D eigenvalue weighted by Gasteiger charge is 2.25. The molecule has 1 aliphatic heterocycles. The molecule has 0 aliphatic carbocycles. The van der Waals surface area contributed by atoms with Crippen LogP contribution in [-0.2, 0) is 13.0 Å². The highest BCUT2D eigenvalue weighted by atomic mass is 35.5. The summed E-state index contributed by atoms with van der Waals surface area (Å²) in [7, 11) is 1.52. The summed E-state index contributed by atoms with van der Waals surface area (Å²) in [5, 5.41) is 6.44. The minimum atomic E-state index is -0.371. The molecule has 8 heteroatoms. The van der Waals surface area contributed by atoms with Gasteiger partial charge < -0.3 is 14.5 Å². The van der Waals surface area contributed by atoms with E-state index in [9.17, 15) is 4.39 Å². The van der Waals surface area contributed by atoms with Crippen LogP contribution in [0.25, 0.3) is 32.8 Å². The van der Waals surface area contributed by atoms with Crippen LogP contribution in [0.4, 0.5) is 4.39 Å². The Labute approximate surface area is 182 Å². The minimum absolute atomic E-state index is 0.371. The predicted octanol–water partition coefficient (Wildman–Crippen LogP) is 6.09. The second kappa shape index (κ2) is 8.71. The van der Waals surface area contributed by atoms with Crippen molar-refractivity contribution >= 4 is 33.0 Å². The number of hydrogen-bond donors (Lipinski definition) is 1. The van der Waals surface area contributed by atoms with Gasteiger partial charge in [0.1, 0.15) is 28.2 Å². The monoisotopic (exact) mass is 445 g/mol. The number of nitrogens with zero attached hydrogens (tertiary/aromatic N) is 2. The summed E-state index contributed by atoms with van der Waals surface area (Å²) in [4.78, 5) is 9.26. The Morgan fingerprint density at radius 3 is 2.83 bits per heavy atom. The number of aromatic nitrogens is 2. The van der Waals surface area contributed by atoms with Gasteiger partial charge in [-0.15, -0.1) is 11.3 Å². The van der Waals surface area contributed by atoms with E-state index in [1.807, 2.05) is 25.3 Å². The lowest BCUT2D eigenvalue weighted by atomic mass is 10.0. The van der Waals surface area contributed by atoms with Gasteiger partial charge in [0.2, 0.25) is 5.89 Å². The van der Waals surface area contributed by atoms with Crippen LogP contribution in [0, 0.1) is 5.82 Å². The molecule has 0 unspecified atom stereocenters. The van der Waals surface area contributed by atoms with Crippen LogP contribution in [0.2, 0.25) is 5.15 Å². The van der Waals surface area contributed by atoms with Crippen molar-refractivity contribution < 1.29 is 13.5 Å². The maximum atomic E-state index is 13.8. The van der Waals surface area contributed by atoms with Crippen molar-refractivity contribution in [2.75, 3.05) is 13.7 Å². The number of thiophene rings is 1. The van der Waals surface area contributed by atoms with Gasteiger partial charge >= 0.3 is 0 Å². The third kappa shape index (κ3) is 3.57. The number of ether oxygens (including phenoxy) is 1. The third-order valence-corrected chi connectivity index (χ3v) is 6.02. The van der Waals surface area contributed by atoms with Crippen LogP contribution in [0.3, 0.4) is 0 Å². The Hall–Kier alpha value is -2.48. The summed E-state index contributed by atoms with van der Waals surface area (Å²) in [6.45, 7) is 5.50. The van der Waals surface area contributed by atoms with Crippen LogP contribution < -0.4 is 10.1 Å². The summed E-state index contributed by atoms with van der Waals surface area (Å²) < 4.78 is 26.2. The number of halogens is 2. The number of oxazole rings is 1. The molecule has 1 aliphatic rings. The maximum absolute atomic E-state index is 13.8. The fourth-order valence-electron chi connectivity index (χ4n) is 3.49. The second-order valence-corrected chi connectivity index (χ2v) is 7.72. The molecule has 1 aromatic carbocycles. The lowest BCUT2D eigenvalue weighted by Gasteiger charge is -2.13. The molecule has 5 rings (SSSR count). The van der Waals surface area contributed by atoms with Gasteiger partial charge in [0.25, 0.3) is 0 Å². The van der Waals surface area contributed by atoms with Gasteiger partial charge in [-0.2, -0.15) is 0 Å². The molecule has 0 saturated heterocycles. The number of rotatable bonds is 3. The van der Waals surface area contributed by atoms with Crippen molar-refractivity contribution in [3.05, 3.63) is 52.1 Å². The first-order valence-corrected chi connectivity index (χ1v) is 11.0. The second-order valence-electron chi connectivity index (χ2n) is 6.45. The Bertz CT molecular complexity index is 1180. The molecule has 4 heterocycles. The maximum Gasteiger partial charge on any atom is 0.246 e. The van der Waals surface area contributed by atoms with Gasteiger partial charge in [0, 0.05) is 46.8 Å². The Kier molecular flexibility index (Phi) is 6.04. The molecule has 156 valence electrons. The van der Waals surface area contributed by atoms with Crippen molar-refractivity contribution in [1.29, 1.82) is 0 Å². The summed E-state index contributed by atoms with van der Waals surface area (Å²) in [5.41, 5.74) is 2.89. The summed E-state index contributed by atoms with van der Waals surface area (Å²) in [6.07, 6.45) is 0.770. The molecule has 0 fully saturated rings. The van der Waals surface area contributed by atoms with Crippen LogP contribution in [-0.4, -0.2) is 23.6 Å². The number of methoxy groups -OCH3 is 1. The van der Waals surface area contributed by atoms with E-state index in [1.54, 1.807) is 6.07 Å². The van der Waals surface area contributed by atoms with Crippen LogP contribution in [0.5, 0.6) is 5.75 Å². The van der Waals surface area contributed by atoms with Gasteiger partial charge in [0.15, 0.2) is 0 Å². The molecule has 1 N–H and O–H groups in total. The fraction of sp³-hybridized carbons (Fsp3) is 0.273. The number of hydrogen-bond acceptors (Lipinski definition) is 6. The molecule has 0 amide bonds. The largest absolute Gasteiger partial charge is 0.496 e. The van der Waals surface area contributed by atoms with Gasteiger partial charge in [-0.1, -0.05) is 25.4 Å². The molecule has 0 spiro atoms. The number of fused-ring (bicyclic) bond motifs is 2. The molecule has 30 heavy (non-hydrogen) atoms. The van der Waals surface area contributed by atoms with E-state index in [2.05, 4.69) is 15.3 Å². The number of benzene rings is 1. The van der Waals surface area contributed by atoms with E-state index in [4.69, 9.17) is 20.8 Å². The van der Waals surface area contributed by atoms with Crippen molar-refractivity contribution in [3.63, 3.8) is 0 Å². The van der Waals surface area contributed by atoms with Crippen molar-refractivity contribution in [2.45, 2.75) is 26.8 Å². The zero-order chi connectivity index (χ0) is 21.3. The molecule has 3 aromatic heterocycles. The molecular weight excluding hydrogens is 425 g/mol. The van der Waals surface area contributed by atoms with E-state index in [1.165, 1.54) is 30.6 Å². The fourth-order valence-corrected chi connectivity index (χ4v) is 4.74. The SMILES string of the molecule is CC.COc1cc(F)ccc1-c1c(-c2nc3c(o2)CCNC3)nc(Cl)c2ccsc12. The Morgan fingerprint density at radius 2 is 2.07 bits per heavy atom. The number of pyridine rings is 1. The van der Waals surface area contributed by atoms with Gasteiger partial charge in [-0.25, -0.2) is 14.4 Å². The smallest absolute Gasteiger partial charge is 0.246 e. The lowest BCUT2D eigenvalue weighted by molar-refractivity contribution is 0.413. The quantitative estimate of drug-likeness (QED) is 0.386. The van der Waals surface area contributed by atoms with E-state index in [-0.39, 0.29) is 5.82 Å². The first-order valence-electron chi connectivity index (χ1n) is 9.76. The van der Waals surface area contributed by atoms with Crippen LogP contribution in [0.1, 0.15) is 25.3 Å². The first-order chi connectivity index (χ1) is 14.7. The van der Waals surface area contributed by atoms with Gasteiger partial charge in [0.05, 0.1) is 12.8 Å². The van der Waals surface area contributed by atoms with Crippen LogP contribution >= 0.6 is 22.9 Å². The van der Waals surface area contributed by atoms with E-state index in [0.29, 0.717) is 34.6 Å². The number of nitrogens with one attached hydrogen (secondary N) is 1. The molecule has 0 saturated carbocycles. The minimum Gasteiger partial charge on any atom is -0.496 e. The highest BCUT2D eigenvalue weighted by Crippen LogP contribution is 2.45. The third-order valence-electron chi connectivity index (χ3n) is 4.80. The average molecular weight is 446 g/mol. The molecule has 5 nitrogen and oxygen atoms in total. The topological polar surface area (TPSA) is 60.2 Å². The summed E-state index contributed by atoms with van der Waals surface area (Å²) in [5.74, 6) is 1.31. The molecule has 0 bridgehead atoms. The van der Waals surface area contributed by atoms with E-state index < -0.39 is 0 Å². The average Bonchev–Trinajstić information content (AvgIpc) is 3.43. The Balaban J connectivity index is 0.00000106. The van der Waals surface area contributed by atoms with E-state index in [0.717, 1.165) is 40.1 Å². The standard InChI is InChI=1S/C20H15ClFN3O2S.C2H6/c1-26-15-8-10(22)2-3-11(15)16-17(25-19(21)12-5-7-28-18(12)16)20-24-13-9-23-6-4-14(13)27-20;1-2/h2-3,5,7-8,23H,4,6,9H2,1H3;1-2H3. The highest BCUT2D eigenvalue weighted by molar-refractivity contribution is 7.18. The zero-order valence-electron chi connectivity index (χ0n) is 16.9. The van der Waals surface area contributed by atoms with Gasteiger partial charge in [-0.05, 0) is 23.6 Å². The summed E-state index contributed by atoms with van der Waals surface area (Å²) >= 11 is 8.00.